The maximum absolute atomic E-state index is 6.47. The van der Waals surface area contributed by atoms with Gasteiger partial charge < -0.3 is 14.2 Å². The molecule has 1 unspecified atom stereocenters. The number of para-hydroxylation sites is 1. The van der Waals surface area contributed by atoms with Crippen molar-refractivity contribution >= 4 is 15.9 Å². The molecule has 0 aliphatic carbocycles. The van der Waals surface area contributed by atoms with E-state index in [1.165, 1.54) is 5.56 Å². The highest BCUT2D eigenvalue weighted by Gasteiger charge is 2.48. The van der Waals surface area contributed by atoms with Crippen LogP contribution in [0.15, 0.2) is 46.9 Å². The van der Waals surface area contributed by atoms with Gasteiger partial charge in [0, 0.05) is 41.7 Å². The molecule has 2 aromatic carbocycles. The zero-order valence-electron chi connectivity index (χ0n) is 16.1. The van der Waals surface area contributed by atoms with Gasteiger partial charge in [0.1, 0.15) is 22.7 Å². The molecule has 2 aliphatic rings. The first-order chi connectivity index (χ1) is 12.9. The number of morpholine rings is 1. The minimum absolute atomic E-state index is 0.270. The highest BCUT2D eigenvalue weighted by molar-refractivity contribution is 9.10. The van der Waals surface area contributed by atoms with Gasteiger partial charge in [-0.3, -0.25) is 4.90 Å². The predicted molar refractivity (Wildman–Crippen MR) is 109 cm³/mol. The third kappa shape index (κ3) is 3.73. The van der Waals surface area contributed by atoms with E-state index in [4.69, 9.17) is 14.2 Å². The summed E-state index contributed by atoms with van der Waals surface area (Å²) in [6.45, 7) is 7.58. The van der Waals surface area contributed by atoms with E-state index in [1.807, 2.05) is 24.3 Å². The fourth-order valence-electron chi connectivity index (χ4n) is 4.40. The summed E-state index contributed by atoms with van der Waals surface area (Å²) in [6.07, 6.45) is 0.825. The molecule has 2 heterocycles. The molecule has 4 nitrogen and oxygen atoms in total. The van der Waals surface area contributed by atoms with Gasteiger partial charge in [0.05, 0.1) is 13.7 Å². The van der Waals surface area contributed by atoms with E-state index in [9.17, 15) is 0 Å². The van der Waals surface area contributed by atoms with E-state index in [2.05, 4.69) is 52.9 Å². The monoisotopic (exact) mass is 431 g/mol. The molecule has 27 heavy (non-hydrogen) atoms. The molecule has 1 fully saturated rings. The Kier molecular flexibility index (Phi) is 4.95. The molecule has 4 rings (SSSR count). The molecule has 2 aromatic rings. The van der Waals surface area contributed by atoms with Gasteiger partial charge in [0.25, 0.3) is 0 Å². The maximum Gasteiger partial charge on any atom is 0.126 e. The van der Waals surface area contributed by atoms with Crippen LogP contribution in [0.3, 0.4) is 0 Å². The number of halogens is 1. The van der Waals surface area contributed by atoms with Crippen molar-refractivity contribution in [2.24, 2.45) is 0 Å². The molecule has 0 amide bonds. The molecule has 1 saturated heterocycles. The van der Waals surface area contributed by atoms with Gasteiger partial charge in [-0.25, -0.2) is 0 Å². The summed E-state index contributed by atoms with van der Waals surface area (Å²) in [5.74, 6) is 1.86. The highest BCUT2D eigenvalue weighted by Crippen LogP contribution is 2.48. The molecular weight excluding hydrogens is 406 g/mol. The van der Waals surface area contributed by atoms with Crippen LogP contribution in [0, 0.1) is 0 Å². The van der Waals surface area contributed by atoms with E-state index < -0.39 is 0 Å². The first kappa shape index (κ1) is 18.8. The number of nitrogens with zero attached hydrogens (tertiary/aromatic N) is 1. The minimum atomic E-state index is -0.360. The third-order valence-corrected chi connectivity index (χ3v) is 5.87. The predicted octanol–water partition coefficient (Wildman–Crippen LogP) is 4.75. The number of rotatable bonds is 3. The summed E-state index contributed by atoms with van der Waals surface area (Å²) in [7, 11) is 1.73. The van der Waals surface area contributed by atoms with Gasteiger partial charge in [0.15, 0.2) is 0 Å². The summed E-state index contributed by atoms with van der Waals surface area (Å²) in [5.41, 5.74) is 1.72. The Hall–Kier alpha value is -1.56. The molecule has 2 aliphatic heterocycles. The van der Waals surface area contributed by atoms with Gasteiger partial charge in [-0.15, -0.1) is 0 Å². The van der Waals surface area contributed by atoms with E-state index in [0.717, 1.165) is 47.6 Å². The molecule has 0 aromatic heterocycles. The van der Waals surface area contributed by atoms with Crippen LogP contribution >= 0.6 is 15.9 Å². The SMILES string of the molecule is COc1ccccc1CN1CCOC2(C1)CC(C)(C)Oc1ccc(Br)cc12. The lowest BCUT2D eigenvalue weighted by Crippen LogP contribution is -2.55. The number of fused-ring (bicyclic) bond motifs is 2. The molecule has 1 spiro atoms. The number of benzene rings is 2. The van der Waals surface area contributed by atoms with Crippen molar-refractivity contribution < 1.29 is 14.2 Å². The van der Waals surface area contributed by atoms with Crippen LogP contribution in [0.1, 0.15) is 31.4 Å². The summed E-state index contributed by atoms with van der Waals surface area (Å²) in [5, 5.41) is 0. The zero-order valence-corrected chi connectivity index (χ0v) is 17.7. The van der Waals surface area contributed by atoms with Crippen molar-refractivity contribution in [2.75, 3.05) is 26.8 Å². The lowest BCUT2D eigenvalue weighted by atomic mass is 9.79. The molecule has 0 N–H and O–H groups in total. The van der Waals surface area contributed by atoms with Gasteiger partial charge in [-0.1, -0.05) is 34.1 Å². The number of methoxy groups -OCH3 is 1. The zero-order chi connectivity index (χ0) is 19.1. The molecular formula is C22H26BrNO3. The van der Waals surface area contributed by atoms with Gasteiger partial charge in [0.2, 0.25) is 0 Å². The highest BCUT2D eigenvalue weighted by atomic mass is 79.9. The Morgan fingerprint density at radius 3 is 2.81 bits per heavy atom. The van der Waals surface area contributed by atoms with Gasteiger partial charge in [-0.2, -0.15) is 0 Å². The van der Waals surface area contributed by atoms with Crippen LogP contribution in [-0.4, -0.2) is 37.3 Å². The first-order valence-electron chi connectivity index (χ1n) is 9.38. The average molecular weight is 432 g/mol. The van der Waals surface area contributed by atoms with Crippen LogP contribution in [0.25, 0.3) is 0 Å². The molecule has 5 heteroatoms. The lowest BCUT2D eigenvalue weighted by Gasteiger charge is -2.50. The van der Waals surface area contributed by atoms with E-state index in [-0.39, 0.29) is 11.2 Å². The normalized spacial score (nSPS) is 24.3. The summed E-state index contributed by atoms with van der Waals surface area (Å²) >= 11 is 3.62. The molecule has 144 valence electrons. The number of hydrogen-bond acceptors (Lipinski definition) is 4. The molecule has 0 bridgehead atoms. The summed E-state index contributed by atoms with van der Waals surface area (Å²) < 4.78 is 19.3. The molecule has 1 atom stereocenters. The second kappa shape index (κ2) is 7.12. The average Bonchev–Trinajstić information content (AvgIpc) is 2.62. The Balaban J connectivity index is 1.66. The second-order valence-corrected chi connectivity index (χ2v) is 8.96. The van der Waals surface area contributed by atoms with Crippen molar-refractivity contribution in [3.8, 4) is 11.5 Å². The van der Waals surface area contributed by atoms with Crippen molar-refractivity contribution in [1.29, 1.82) is 0 Å². The van der Waals surface area contributed by atoms with Crippen LogP contribution < -0.4 is 9.47 Å². The molecule has 0 radical (unpaired) electrons. The minimum Gasteiger partial charge on any atom is -0.496 e. The fraction of sp³-hybridized carbons (Fsp3) is 0.455. The lowest BCUT2D eigenvalue weighted by molar-refractivity contribution is -0.157. The Morgan fingerprint density at radius 1 is 1.19 bits per heavy atom. The van der Waals surface area contributed by atoms with Crippen LogP contribution in [-0.2, 0) is 16.9 Å². The van der Waals surface area contributed by atoms with Crippen molar-refractivity contribution in [3.63, 3.8) is 0 Å². The van der Waals surface area contributed by atoms with E-state index >= 15 is 0 Å². The summed E-state index contributed by atoms with van der Waals surface area (Å²) in [6, 6.07) is 14.5. The van der Waals surface area contributed by atoms with Crippen molar-refractivity contribution in [1.82, 2.24) is 4.90 Å². The number of hydrogen-bond donors (Lipinski definition) is 0. The van der Waals surface area contributed by atoms with E-state index in [0.29, 0.717) is 6.61 Å². The Morgan fingerprint density at radius 2 is 2.00 bits per heavy atom. The smallest absolute Gasteiger partial charge is 0.126 e. The Bertz CT molecular complexity index is 838. The van der Waals surface area contributed by atoms with Crippen molar-refractivity contribution in [2.45, 2.75) is 38.0 Å². The standard InChI is InChI=1S/C22H26BrNO3/c1-21(2)14-22(18-12-17(23)8-9-20(18)27-21)15-24(10-11-26-22)13-16-6-4-5-7-19(16)25-3/h4-9,12H,10-11,13-15H2,1-3H3. The van der Waals surface area contributed by atoms with Gasteiger partial charge in [-0.05, 0) is 38.1 Å². The van der Waals surface area contributed by atoms with Crippen LogP contribution in [0.5, 0.6) is 11.5 Å². The second-order valence-electron chi connectivity index (χ2n) is 8.04. The van der Waals surface area contributed by atoms with E-state index in [1.54, 1.807) is 7.11 Å². The molecule has 0 saturated carbocycles. The Labute approximate surface area is 169 Å². The topological polar surface area (TPSA) is 30.9 Å². The fourth-order valence-corrected chi connectivity index (χ4v) is 4.76. The van der Waals surface area contributed by atoms with Crippen LogP contribution in [0.4, 0.5) is 0 Å². The summed E-state index contributed by atoms with van der Waals surface area (Å²) in [4.78, 5) is 2.47. The first-order valence-corrected chi connectivity index (χ1v) is 10.2. The third-order valence-electron chi connectivity index (χ3n) is 5.38. The maximum atomic E-state index is 6.47. The largest absolute Gasteiger partial charge is 0.496 e. The van der Waals surface area contributed by atoms with Gasteiger partial charge >= 0.3 is 0 Å². The van der Waals surface area contributed by atoms with Crippen LogP contribution in [0.2, 0.25) is 0 Å². The quantitative estimate of drug-likeness (QED) is 0.701. The van der Waals surface area contributed by atoms with Crippen molar-refractivity contribution in [3.05, 3.63) is 58.1 Å². The number of ether oxygens (including phenoxy) is 3.